The molecule has 0 aliphatic heterocycles. The maximum Gasteiger partial charge on any atom is 0.123 e. The normalized spacial score (nSPS) is 12.6. The fourth-order valence-electron chi connectivity index (χ4n) is 1.68. The Hall–Kier alpha value is -0.860. The van der Waals surface area contributed by atoms with Gasteiger partial charge in [0, 0.05) is 9.75 Å². The van der Waals surface area contributed by atoms with E-state index in [-0.39, 0.29) is 11.2 Å². The zero-order valence-electron chi connectivity index (χ0n) is 9.62. The van der Waals surface area contributed by atoms with Crippen molar-refractivity contribution in [1.82, 2.24) is 0 Å². The minimum atomic E-state index is -0.204. The predicted molar refractivity (Wildman–Crippen MR) is 72.4 cm³/mol. The van der Waals surface area contributed by atoms with E-state index in [9.17, 15) is 4.39 Å². The van der Waals surface area contributed by atoms with Crippen molar-refractivity contribution in [2.75, 3.05) is 0 Å². The zero-order chi connectivity index (χ0) is 12.3. The molecule has 2 aromatic rings. The Balaban J connectivity index is 2.05. The summed E-state index contributed by atoms with van der Waals surface area (Å²) < 4.78 is 12.8. The Labute approximate surface area is 110 Å². The van der Waals surface area contributed by atoms with Crippen LogP contribution in [0.3, 0.4) is 0 Å². The zero-order valence-corrected chi connectivity index (χ0v) is 11.2. The molecule has 2 rings (SSSR count). The van der Waals surface area contributed by atoms with Crippen LogP contribution < -0.4 is 0 Å². The van der Waals surface area contributed by atoms with Gasteiger partial charge in [0.1, 0.15) is 5.82 Å². The monoisotopic (exact) mass is 268 g/mol. The number of hydrogen-bond acceptors (Lipinski definition) is 1. The third-order valence-corrected chi connectivity index (χ3v) is 4.53. The number of thiophene rings is 1. The molecule has 0 saturated carbocycles. The number of benzene rings is 1. The average Bonchev–Trinajstić information content (AvgIpc) is 2.81. The van der Waals surface area contributed by atoms with Crippen LogP contribution in [0.4, 0.5) is 4.39 Å². The van der Waals surface area contributed by atoms with Gasteiger partial charge in [0.15, 0.2) is 0 Å². The first-order valence-electron chi connectivity index (χ1n) is 5.66. The molecule has 90 valence electrons. The first-order valence-corrected chi connectivity index (χ1v) is 6.91. The summed E-state index contributed by atoms with van der Waals surface area (Å²) >= 11 is 8.12. The van der Waals surface area contributed by atoms with Crippen LogP contribution in [0.15, 0.2) is 36.4 Å². The van der Waals surface area contributed by atoms with Crippen LogP contribution >= 0.6 is 22.9 Å². The topological polar surface area (TPSA) is 0 Å². The van der Waals surface area contributed by atoms with Crippen LogP contribution in [0.25, 0.3) is 0 Å². The van der Waals surface area contributed by atoms with Crippen molar-refractivity contribution in [3.05, 3.63) is 57.5 Å². The van der Waals surface area contributed by atoms with Gasteiger partial charge >= 0.3 is 0 Å². The molecular formula is C14H14ClFS. The summed E-state index contributed by atoms with van der Waals surface area (Å²) in [4.78, 5) is 2.54. The summed E-state index contributed by atoms with van der Waals surface area (Å²) in [6.07, 6.45) is 1.79. The lowest BCUT2D eigenvalue weighted by atomic mass is 10.1. The highest BCUT2D eigenvalue weighted by Crippen LogP contribution is 2.31. The van der Waals surface area contributed by atoms with E-state index in [1.165, 1.54) is 21.9 Å². The fourth-order valence-corrected chi connectivity index (χ4v) is 3.00. The number of rotatable bonds is 4. The number of halogens is 2. The van der Waals surface area contributed by atoms with Crippen molar-refractivity contribution < 1.29 is 4.39 Å². The molecule has 17 heavy (non-hydrogen) atoms. The molecule has 0 fully saturated rings. The summed E-state index contributed by atoms with van der Waals surface area (Å²) in [5.41, 5.74) is 1.07. The largest absolute Gasteiger partial charge is 0.207 e. The first-order chi connectivity index (χ1) is 8.19. The highest BCUT2D eigenvalue weighted by molar-refractivity contribution is 7.12. The van der Waals surface area contributed by atoms with Gasteiger partial charge in [0.25, 0.3) is 0 Å². The molecule has 0 nitrogen and oxygen atoms in total. The maximum atomic E-state index is 12.8. The Morgan fingerprint density at radius 1 is 1.18 bits per heavy atom. The Bertz CT molecular complexity index is 475. The summed E-state index contributed by atoms with van der Waals surface area (Å²) in [6.45, 7) is 2.14. The summed E-state index contributed by atoms with van der Waals surface area (Å²) in [7, 11) is 0. The third kappa shape index (κ3) is 3.30. The van der Waals surface area contributed by atoms with Crippen LogP contribution in [0.2, 0.25) is 0 Å². The van der Waals surface area contributed by atoms with Gasteiger partial charge in [-0.25, -0.2) is 4.39 Å². The van der Waals surface area contributed by atoms with Crippen LogP contribution in [0.1, 0.15) is 27.6 Å². The molecule has 1 unspecified atom stereocenters. The molecule has 0 N–H and O–H groups in total. The molecule has 1 aromatic heterocycles. The lowest BCUT2D eigenvalue weighted by Crippen LogP contribution is -1.93. The molecule has 0 bridgehead atoms. The quantitative estimate of drug-likeness (QED) is 0.687. The highest BCUT2D eigenvalue weighted by Gasteiger charge is 2.11. The first kappa shape index (κ1) is 12.6. The van der Waals surface area contributed by atoms with Crippen molar-refractivity contribution in [1.29, 1.82) is 0 Å². The minimum absolute atomic E-state index is 0.0224. The Kier molecular flexibility index (Phi) is 4.19. The van der Waals surface area contributed by atoms with Gasteiger partial charge in [-0.3, -0.25) is 0 Å². The second kappa shape index (κ2) is 5.65. The van der Waals surface area contributed by atoms with Crippen LogP contribution in [0, 0.1) is 5.82 Å². The molecule has 0 spiro atoms. The lowest BCUT2D eigenvalue weighted by molar-refractivity contribution is 0.627. The molecule has 1 atom stereocenters. The van der Waals surface area contributed by atoms with E-state index in [0.717, 1.165) is 18.4 Å². The van der Waals surface area contributed by atoms with Crippen molar-refractivity contribution in [2.45, 2.75) is 25.1 Å². The molecule has 0 aliphatic carbocycles. The van der Waals surface area contributed by atoms with E-state index >= 15 is 0 Å². The van der Waals surface area contributed by atoms with Crippen LogP contribution in [-0.4, -0.2) is 0 Å². The smallest absolute Gasteiger partial charge is 0.123 e. The predicted octanol–water partition coefficient (Wildman–Crippen LogP) is 4.97. The van der Waals surface area contributed by atoms with E-state index in [0.29, 0.717) is 0 Å². The van der Waals surface area contributed by atoms with Gasteiger partial charge in [0.2, 0.25) is 0 Å². The van der Waals surface area contributed by atoms with E-state index in [1.807, 2.05) is 0 Å². The van der Waals surface area contributed by atoms with Crippen LogP contribution in [-0.2, 0) is 12.8 Å². The summed E-state index contributed by atoms with van der Waals surface area (Å²) in [5.74, 6) is -0.204. The summed E-state index contributed by atoms with van der Waals surface area (Å²) in [6, 6.07) is 10.7. The molecule has 1 heterocycles. The second-order valence-corrected chi connectivity index (χ2v) is 5.68. The molecule has 0 aliphatic rings. The van der Waals surface area contributed by atoms with Gasteiger partial charge in [-0.2, -0.15) is 0 Å². The van der Waals surface area contributed by atoms with E-state index < -0.39 is 0 Å². The Morgan fingerprint density at radius 3 is 2.47 bits per heavy atom. The minimum Gasteiger partial charge on any atom is -0.207 e. The molecule has 3 heteroatoms. The number of hydrogen-bond donors (Lipinski definition) is 0. The van der Waals surface area contributed by atoms with Gasteiger partial charge in [-0.1, -0.05) is 19.1 Å². The fraction of sp³-hybridized carbons (Fsp3) is 0.286. The highest BCUT2D eigenvalue weighted by atomic mass is 35.5. The van der Waals surface area contributed by atoms with E-state index in [2.05, 4.69) is 19.1 Å². The maximum absolute atomic E-state index is 12.8. The molecule has 0 saturated heterocycles. The Morgan fingerprint density at radius 2 is 1.88 bits per heavy atom. The van der Waals surface area contributed by atoms with Crippen molar-refractivity contribution in [3.8, 4) is 0 Å². The second-order valence-electron chi connectivity index (χ2n) is 3.96. The van der Waals surface area contributed by atoms with Crippen molar-refractivity contribution in [2.24, 2.45) is 0 Å². The molecule has 0 radical (unpaired) electrons. The number of aryl methyl sites for hydroxylation is 1. The van der Waals surface area contributed by atoms with Gasteiger partial charge in [-0.05, 0) is 42.7 Å². The lowest BCUT2D eigenvalue weighted by Gasteiger charge is -2.07. The van der Waals surface area contributed by atoms with E-state index in [1.54, 1.807) is 23.5 Å². The SMILES string of the molecule is CCc1ccc(C(Cl)Cc2ccc(F)cc2)s1. The van der Waals surface area contributed by atoms with Crippen molar-refractivity contribution in [3.63, 3.8) is 0 Å². The van der Waals surface area contributed by atoms with Crippen LogP contribution in [0.5, 0.6) is 0 Å². The molecule has 1 aromatic carbocycles. The van der Waals surface area contributed by atoms with Crippen molar-refractivity contribution >= 4 is 22.9 Å². The standard InChI is InChI=1S/C14H14ClFS/c1-2-12-7-8-14(17-12)13(15)9-10-3-5-11(16)6-4-10/h3-8,13H,2,9H2,1H3. The molecule has 0 amide bonds. The third-order valence-electron chi connectivity index (χ3n) is 2.67. The van der Waals surface area contributed by atoms with Gasteiger partial charge in [-0.15, -0.1) is 22.9 Å². The van der Waals surface area contributed by atoms with Gasteiger partial charge in [0.05, 0.1) is 5.38 Å². The summed E-state index contributed by atoms with van der Waals surface area (Å²) in [5, 5.41) is -0.0224. The number of alkyl halides is 1. The average molecular weight is 269 g/mol. The van der Waals surface area contributed by atoms with E-state index in [4.69, 9.17) is 11.6 Å². The van der Waals surface area contributed by atoms with Gasteiger partial charge < -0.3 is 0 Å². The molecular weight excluding hydrogens is 255 g/mol.